The van der Waals surface area contributed by atoms with E-state index >= 15 is 0 Å². The summed E-state index contributed by atoms with van der Waals surface area (Å²) in [7, 11) is 0. The van der Waals surface area contributed by atoms with Crippen molar-refractivity contribution in [2.45, 2.75) is 6.42 Å². The molecular weight excluding hydrogens is 175 g/mol. The van der Waals surface area contributed by atoms with Crippen LogP contribution in [0, 0.1) is 11.8 Å². The third kappa shape index (κ3) is 1.89. The number of halogens is 2. The molecule has 0 N–H and O–H groups in total. The summed E-state index contributed by atoms with van der Waals surface area (Å²) >= 11 is 10.6. The highest BCUT2D eigenvalue weighted by Gasteiger charge is 2.36. The van der Waals surface area contributed by atoms with E-state index in [1.807, 2.05) is 0 Å². The summed E-state index contributed by atoms with van der Waals surface area (Å²) in [5.41, 5.74) is 0. The molecule has 1 saturated carbocycles. The summed E-state index contributed by atoms with van der Waals surface area (Å²) in [5.74, 6) is -1.39. The van der Waals surface area contributed by atoms with Crippen LogP contribution in [-0.4, -0.2) is 5.97 Å². The molecular formula is C6H5Cl2O2-. The molecule has 0 spiro atoms. The van der Waals surface area contributed by atoms with E-state index in [1.165, 1.54) is 6.08 Å². The highest BCUT2D eigenvalue weighted by Crippen LogP contribution is 2.40. The first-order valence-corrected chi connectivity index (χ1v) is 3.60. The predicted octanol–water partition coefficient (Wildman–Crippen LogP) is 0.691. The third-order valence-electron chi connectivity index (χ3n) is 1.48. The minimum absolute atomic E-state index is 0.00463. The Balaban J connectivity index is 2.40. The van der Waals surface area contributed by atoms with E-state index in [0.717, 1.165) is 0 Å². The molecule has 0 aliphatic heterocycles. The van der Waals surface area contributed by atoms with Gasteiger partial charge in [-0.15, -0.1) is 0 Å². The molecule has 4 heteroatoms. The van der Waals surface area contributed by atoms with Gasteiger partial charge in [0.15, 0.2) is 0 Å². The van der Waals surface area contributed by atoms with Gasteiger partial charge in [-0.05, 0) is 12.3 Å². The third-order valence-corrected chi connectivity index (χ3v) is 1.73. The molecule has 0 aromatic rings. The van der Waals surface area contributed by atoms with Crippen LogP contribution in [0.15, 0.2) is 10.6 Å². The lowest BCUT2D eigenvalue weighted by Gasteiger charge is -1.94. The van der Waals surface area contributed by atoms with Crippen molar-refractivity contribution < 1.29 is 9.90 Å². The largest absolute Gasteiger partial charge is 0.550 e. The van der Waals surface area contributed by atoms with Gasteiger partial charge in [0, 0.05) is 11.9 Å². The van der Waals surface area contributed by atoms with E-state index in [1.54, 1.807) is 0 Å². The van der Waals surface area contributed by atoms with Crippen molar-refractivity contribution in [1.29, 1.82) is 0 Å². The van der Waals surface area contributed by atoms with Crippen LogP contribution in [0.2, 0.25) is 0 Å². The maximum absolute atomic E-state index is 10.1. The number of hydrogen-bond donors (Lipinski definition) is 0. The zero-order valence-corrected chi connectivity index (χ0v) is 6.52. The number of carboxylic acids is 1. The van der Waals surface area contributed by atoms with Crippen molar-refractivity contribution in [2.24, 2.45) is 11.8 Å². The molecule has 0 radical (unpaired) electrons. The minimum Gasteiger partial charge on any atom is -0.550 e. The Hall–Kier alpha value is -0.210. The topological polar surface area (TPSA) is 40.1 Å². The second kappa shape index (κ2) is 2.81. The van der Waals surface area contributed by atoms with E-state index in [2.05, 4.69) is 0 Å². The van der Waals surface area contributed by atoms with Crippen molar-refractivity contribution in [3.05, 3.63) is 10.6 Å². The molecule has 0 heterocycles. The maximum atomic E-state index is 10.1. The van der Waals surface area contributed by atoms with Crippen LogP contribution in [0.25, 0.3) is 0 Å². The molecule has 1 aliphatic carbocycles. The van der Waals surface area contributed by atoms with Gasteiger partial charge in [0.25, 0.3) is 0 Å². The van der Waals surface area contributed by atoms with Crippen LogP contribution in [0.4, 0.5) is 0 Å². The lowest BCUT2D eigenvalue weighted by Crippen LogP contribution is -2.24. The van der Waals surface area contributed by atoms with Gasteiger partial charge in [-0.1, -0.05) is 29.3 Å². The number of carbonyl (C=O) groups is 1. The molecule has 2 nitrogen and oxygen atoms in total. The first kappa shape index (κ1) is 7.89. The molecule has 1 rings (SSSR count). The quantitative estimate of drug-likeness (QED) is 0.627. The van der Waals surface area contributed by atoms with Gasteiger partial charge in [-0.3, -0.25) is 0 Å². The molecule has 10 heavy (non-hydrogen) atoms. The smallest absolute Gasteiger partial charge is 0.103 e. The Bertz CT molecular complexity index is 184. The average Bonchev–Trinajstić information content (AvgIpc) is 2.43. The van der Waals surface area contributed by atoms with Crippen molar-refractivity contribution in [3.63, 3.8) is 0 Å². The molecule has 1 aliphatic rings. The zero-order chi connectivity index (χ0) is 7.72. The normalized spacial score (nSPS) is 29.4. The molecule has 1 fully saturated rings. The van der Waals surface area contributed by atoms with E-state index < -0.39 is 5.97 Å². The standard InChI is InChI=1S/C6H6Cl2O2/c7-5(8)2-3-1-4(3)6(9)10/h2-4H,1H2,(H,9,10)/p-1. The summed E-state index contributed by atoms with van der Waals surface area (Å²) in [6.45, 7) is 0. The maximum Gasteiger partial charge on any atom is 0.103 e. The highest BCUT2D eigenvalue weighted by atomic mass is 35.5. The van der Waals surface area contributed by atoms with Gasteiger partial charge in [0.2, 0.25) is 0 Å². The fourth-order valence-corrected chi connectivity index (χ4v) is 1.16. The number of carbonyl (C=O) groups excluding carboxylic acids is 1. The number of allylic oxidation sites excluding steroid dienone is 1. The summed E-state index contributed by atoms with van der Waals surface area (Å²) in [4.78, 5) is 10.1. The summed E-state index contributed by atoms with van der Waals surface area (Å²) < 4.78 is 0.133. The number of rotatable bonds is 2. The number of hydrogen-bond acceptors (Lipinski definition) is 2. The zero-order valence-electron chi connectivity index (χ0n) is 5.01. The van der Waals surface area contributed by atoms with Gasteiger partial charge in [0.1, 0.15) is 4.49 Å². The summed E-state index contributed by atoms with van der Waals surface area (Å²) in [5, 5.41) is 10.1. The van der Waals surface area contributed by atoms with Gasteiger partial charge in [-0.25, -0.2) is 0 Å². The van der Waals surface area contributed by atoms with E-state index in [9.17, 15) is 9.90 Å². The fraction of sp³-hybridized carbons (Fsp3) is 0.500. The van der Waals surface area contributed by atoms with Crippen molar-refractivity contribution in [1.82, 2.24) is 0 Å². The highest BCUT2D eigenvalue weighted by molar-refractivity contribution is 6.55. The molecule has 56 valence electrons. The molecule has 0 saturated heterocycles. The van der Waals surface area contributed by atoms with Crippen molar-refractivity contribution >= 4 is 29.2 Å². The SMILES string of the molecule is O=C([O-])C1CC1C=C(Cl)Cl. The Morgan fingerprint density at radius 3 is 2.50 bits per heavy atom. The Kier molecular flexibility index (Phi) is 2.21. The monoisotopic (exact) mass is 179 g/mol. The van der Waals surface area contributed by atoms with Gasteiger partial charge in [-0.2, -0.15) is 0 Å². The van der Waals surface area contributed by atoms with Gasteiger partial charge in [0.05, 0.1) is 0 Å². The average molecular weight is 180 g/mol. The van der Waals surface area contributed by atoms with Crippen molar-refractivity contribution in [3.8, 4) is 0 Å². The van der Waals surface area contributed by atoms with Gasteiger partial charge >= 0.3 is 0 Å². The summed E-state index contributed by atoms with van der Waals surface area (Å²) in [6.07, 6.45) is 2.13. The van der Waals surface area contributed by atoms with Crippen LogP contribution in [0.3, 0.4) is 0 Å². The molecule has 0 aromatic carbocycles. The molecule has 0 amide bonds. The molecule has 0 aromatic heterocycles. The molecule has 2 unspecified atom stereocenters. The first-order valence-electron chi connectivity index (χ1n) is 2.85. The predicted molar refractivity (Wildman–Crippen MR) is 36.4 cm³/mol. The van der Waals surface area contributed by atoms with Crippen LogP contribution >= 0.6 is 23.2 Å². The Morgan fingerprint density at radius 2 is 2.20 bits per heavy atom. The van der Waals surface area contributed by atoms with Crippen molar-refractivity contribution in [2.75, 3.05) is 0 Å². The second-order valence-electron chi connectivity index (χ2n) is 2.28. The summed E-state index contributed by atoms with van der Waals surface area (Å²) in [6, 6.07) is 0. The minimum atomic E-state index is -1.02. The fourth-order valence-electron chi connectivity index (χ4n) is 0.832. The van der Waals surface area contributed by atoms with Crippen LogP contribution in [0.5, 0.6) is 0 Å². The lowest BCUT2D eigenvalue weighted by molar-refractivity contribution is -0.308. The van der Waals surface area contributed by atoms with E-state index in [-0.39, 0.29) is 16.3 Å². The second-order valence-corrected chi connectivity index (χ2v) is 3.29. The van der Waals surface area contributed by atoms with E-state index in [0.29, 0.717) is 6.42 Å². The lowest BCUT2D eigenvalue weighted by atomic mass is 10.3. The molecule has 2 atom stereocenters. The van der Waals surface area contributed by atoms with Crippen LogP contribution < -0.4 is 5.11 Å². The Morgan fingerprint density at radius 1 is 1.60 bits per heavy atom. The van der Waals surface area contributed by atoms with Gasteiger partial charge < -0.3 is 9.90 Å². The van der Waals surface area contributed by atoms with Crippen LogP contribution in [-0.2, 0) is 4.79 Å². The Labute approximate surface area is 68.4 Å². The van der Waals surface area contributed by atoms with Crippen LogP contribution in [0.1, 0.15) is 6.42 Å². The number of carboxylic acid groups (broad SMARTS) is 1. The molecule has 0 bridgehead atoms. The first-order chi connectivity index (χ1) is 4.61. The van der Waals surface area contributed by atoms with E-state index in [4.69, 9.17) is 23.2 Å². The number of aliphatic carboxylic acids is 1.